The summed E-state index contributed by atoms with van der Waals surface area (Å²) in [7, 11) is 0. The van der Waals surface area contributed by atoms with Crippen molar-refractivity contribution in [3.05, 3.63) is 65.4 Å². The smallest absolute Gasteiger partial charge is 0.245 e. The Morgan fingerprint density at radius 1 is 1.25 bits per heavy atom. The molecule has 4 rings (SSSR count). The first-order valence-electron chi connectivity index (χ1n) is 7.59. The molecule has 1 aliphatic heterocycles. The van der Waals surface area contributed by atoms with Crippen molar-refractivity contribution in [3.63, 3.8) is 0 Å². The molecule has 3 heterocycles. The van der Waals surface area contributed by atoms with Crippen molar-refractivity contribution >= 4 is 5.69 Å². The molecule has 0 saturated heterocycles. The minimum absolute atomic E-state index is 0.0512. The van der Waals surface area contributed by atoms with Crippen molar-refractivity contribution in [3.8, 4) is 17.7 Å². The minimum Gasteiger partial charge on any atom is -0.439 e. The van der Waals surface area contributed by atoms with Gasteiger partial charge in [-0.05, 0) is 30.3 Å². The highest BCUT2D eigenvalue weighted by molar-refractivity contribution is 5.53. The normalized spacial score (nSPS) is 13.4. The molecule has 0 N–H and O–H groups in total. The predicted octanol–water partition coefficient (Wildman–Crippen LogP) is 3.31. The summed E-state index contributed by atoms with van der Waals surface area (Å²) in [6.45, 7) is 1.24. The zero-order valence-electron chi connectivity index (χ0n) is 12.7. The second-order valence-electron chi connectivity index (χ2n) is 5.55. The molecule has 0 saturated carbocycles. The summed E-state index contributed by atoms with van der Waals surface area (Å²) in [5, 5.41) is 8.83. The van der Waals surface area contributed by atoms with E-state index in [-0.39, 0.29) is 5.56 Å². The third kappa shape index (κ3) is 2.50. The van der Waals surface area contributed by atoms with Gasteiger partial charge in [0, 0.05) is 24.8 Å². The van der Waals surface area contributed by atoms with E-state index in [1.807, 2.05) is 29.2 Å². The number of hydrogen-bond donors (Lipinski definition) is 0. The van der Waals surface area contributed by atoms with Crippen LogP contribution in [0.25, 0.3) is 11.6 Å². The predicted molar refractivity (Wildman–Crippen MR) is 85.6 cm³/mol. The fraction of sp³-hybridized carbons (Fsp3) is 0.167. The van der Waals surface area contributed by atoms with Crippen LogP contribution in [0.5, 0.6) is 0 Å². The number of oxazole rings is 1. The monoisotopic (exact) mass is 320 g/mol. The third-order valence-electron chi connectivity index (χ3n) is 4.05. The summed E-state index contributed by atoms with van der Waals surface area (Å²) in [6.07, 6.45) is 2.39. The lowest BCUT2D eigenvalue weighted by molar-refractivity contribution is 0.498. The number of nitrogens with zero attached hydrogens (tertiary/aromatic N) is 4. The molecule has 0 bridgehead atoms. The van der Waals surface area contributed by atoms with Crippen LogP contribution in [-0.2, 0) is 13.0 Å². The summed E-state index contributed by atoms with van der Waals surface area (Å²) in [5.41, 5.74) is 2.32. The van der Waals surface area contributed by atoms with Crippen LogP contribution in [0.3, 0.4) is 0 Å². The second-order valence-corrected chi connectivity index (χ2v) is 5.55. The zero-order valence-corrected chi connectivity index (χ0v) is 12.7. The molecule has 1 aliphatic rings. The topological polar surface area (TPSA) is 66.0 Å². The first kappa shape index (κ1) is 14.4. The van der Waals surface area contributed by atoms with Gasteiger partial charge in [0.15, 0.2) is 0 Å². The molecular weight excluding hydrogens is 307 g/mol. The van der Waals surface area contributed by atoms with Gasteiger partial charge in [0.1, 0.15) is 29.0 Å². The Morgan fingerprint density at radius 2 is 2.17 bits per heavy atom. The van der Waals surface area contributed by atoms with Gasteiger partial charge in [-0.15, -0.1) is 0 Å². The van der Waals surface area contributed by atoms with Crippen molar-refractivity contribution in [2.24, 2.45) is 0 Å². The fourth-order valence-corrected chi connectivity index (χ4v) is 2.81. The van der Waals surface area contributed by atoms with E-state index >= 15 is 0 Å². The number of anilines is 1. The molecule has 0 aliphatic carbocycles. The van der Waals surface area contributed by atoms with Crippen LogP contribution in [0.1, 0.15) is 17.0 Å². The first-order chi connectivity index (χ1) is 11.7. The highest BCUT2D eigenvalue weighted by Crippen LogP contribution is 2.28. The van der Waals surface area contributed by atoms with Crippen LogP contribution in [-0.4, -0.2) is 16.5 Å². The van der Waals surface area contributed by atoms with Gasteiger partial charge in [0.25, 0.3) is 0 Å². The standard InChI is InChI=1S/C18H13FN4O/c19-14-9-13(5-4-12(14)10-20)23-8-6-17-16(11-23)22-18(24-17)15-3-1-2-7-21-15/h1-5,7,9H,6,8,11H2. The molecule has 5 nitrogen and oxygen atoms in total. The average Bonchev–Trinajstić information content (AvgIpc) is 3.05. The molecule has 24 heavy (non-hydrogen) atoms. The van der Waals surface area contributed by atoms with Gasteiger partial charge in [0.05, 0.1) is 12.1 Å². The fourth-order valence-electron chi connectivity index (χ4n) is 2.81. The summed E-state index contributed by atoms with van der Waals surface area (Å²) >= 11 is 0. The summed E-state index contributed by atoms with van der Waals surface area (Å²) in [6, 6.07) is 12.1. The highest BCUT2D eigenvalue weighted by Gasteiger charge is 2.23. The lowest BCUT2D eigenvalue weighted by Gasteiger charge is -2.27. The molecule has 0 radical (unpaired) electrons. The molecule has 6 heteroatoms. The highest BCUT2D eigenvalue weighted by atomic mass is 19.1. The Hall–Kier alpha value is -3.20. The summed E-state index contributed by atoms with van der Waals surface area (Å²) in [4.78, 5) is 10.8. The van der Waals surface area contributed by atoms with E-state index in [0.717, 1.165) is 17.1 Å². The second kappa shape index (κ2) is 5.78. The molecular formula is C18H13FN4O. The molecule has 0 amide bonds. The number of fused-ring (bicyclic) bond motifs is 1. The number of pyridine rings is 1. The van der Waals surface area contributed by atoms with Crippen molar-refractivity contribution in [1.82, 2.24) is 9.97 Å². The van der Waals surface area contributed by atoms with Crippen molar-refractivity contribution < 1.29 is 8.81 Å². The molecule has 0 atom stereocenters. The van der Waals surface area contributed by atoms with Gasteiger partial charge in [-0.1, -0.05) is 6.07 Å². The Bertz CT molecular complexity index is 930. The lowest BCUT2D eigenvalue weighted by Crippen LogP contribution is -2.30. The molecule has 1 aromatic carbocycles. The Morgan fingerprint density at radius 3 is 2.92 bits per heavy atom. The minimum atomic E-state index is -0.505. The van der Waals surface area contributed by atoms with Gasteiger partial charge in [-0.3, -0.25) is 4.98 Å². The molecule has 0 unspecified atom stereocenters. The maximum atomic E-state index is 13.8. The zero-order chi connectivity index (χ0) is 16.5. The number of aromatic nitrogens is 2. The van der Waals surface area contributed by atoms with Crippen LogP contribution < -0.4 is 4.90 Å². The SMILES string of the molecule is N#Cc1ccc(N2CCc3oc(-c4ccccn4)nc3C2)cc1F. The van der Waals surface area contributed by atoms with Crippen molar-refractivity contribution in [2.75, 3.05) is 11.4 Å². The van der Waals surface area contributed by atoms with Crippen LogP contribution in [0.15, 0.2) is 47.0 Å². The van der Waals surface area contributed by atoms with E-state index in [2.05, 4.69) is 9.97 Å². The Kier molecular flexibility index (Phi) is 3.47. The average molecular weight is 320 g/mol. The summed E-state index contributed by atoms with van der Waals surface area (Å²) < 4.78 is 19.7. The molecule has 118 valence electrons. The van der Waals surface area contributed by atoms with Crippen molar-refractivity contribution in [2.45, 2.75) is 13.0 Å². The van der Waals surface area contributed by atoms with Gasteiger partial charge >= 0.3 is 0 Å². The Balaban J connectivity index is 1.61. The number of rotatable bonds is 2. The van der Waals surface area contributed by atoms with Crippen LogP contribution in [0.4, 0.5) is 10.1 Å². The number of halogens is 1. The maximum absolute atomic E-state index is 13.8. The van der Waals surface area contributed by atoms with Crippen molar-refractivity contribution in [1.29, 1.82) is 5.26 Å². The maximum Gasteiger partial charge on any atom is 0.245 e. The van der Waals surface area contributed by atoms with Gasteiger partial charge in [0.2, 0.25) is 5.89 Å². The Labute approximate surface area is 138 Å². The van der Waals surface area contributed by atoms with Gasteiger partial charge < -0.3 is 9.32 Å². The van der Waals surface area contributed by atoms with E-state index in [4.69, 9.17) is 9.68 Å². The largest absolute Gasteiger partial charge is 0.439 e. The van der Waals surface area contributed by atoms with Gasteiger partial charge in [-0.2, -0.15) is 5.26 Å². The first-order valence-corrected chi connectivity index (χ1v) is 7.59. The molecule has 0 spiro atoms. The van der Waals surface area contributed by atoms with E-state index in [1.165, 1.54) is 12.1 Å². The number of hydrogen-bond acceptors (Lipinski definition) is 5. The van der Waals surface area contributed by atoms with E-state index in [9.17, 15) is 4.39 Å². The molecule has 0 fully saturated rings. The van der Waals surface area contributed by atoms with Crippen LogP contribution in [0.2, 0.25) is 0 Å². The van der Waals surface area contributed by atoms with E-state index in [0.29, 0.717) is 31.1 Å². The third-order valence-corrected chi connectivity index (χ3v) is 4.05. The number of benzene rings is 1. The lowest BCUT2D eigenvalue weighted by atomic mass is 10.1. The van der Waals surface area contributed by atoms with Gasteiger partial charge in [-0.25, -0.2) is 9.37 Å². The van der Waals surface area contributed by atoms with E-state index < -0.39 is 5.82 Å². The van der Waals surface area contributed by atoms with E-state index in [1.54, 1.807) is 12.3 Å². The summed E-state index contributed by atoms with van der Waals surface area (Å²) in [5.74, 6) is 0.851. The van der Waals surface area contributed by atoms with Crippen LogP contribution in [0, 0.1) is 17.1 Å². The quantitative estimate of drug-likeness (QED) is 0.725. The number of nitriles is 1. The molecule has 2 aromatic heterocycles. The van der Waals surface area contributed by atoms with Crippen LogP contribution >= 0.6 is 0 Å². The molecule has 3 aromatic rings.